The van der Waals surface area contributed by atoms with E-state index in [1.54, 1.807) is 0 Å². The highest BCUT2D eigenvalue weighted by Crippen LogP contribution is 2.33. The number of aliphatic carboxylic acids is 1. The SMILES string of the molecule is O=C(O)[C@]1(O)C[C@H](O)[C@@H](O)[C@H]([C@H](O[C@@H]2O[C@H](CO)[C@H](O)[C@H](O)[C@H]2O)[C@H](O)CO)O1. The van der Waals surface area contributed by atoms with E-state index >= 15 is 0 Å². The molecule has 0 amide bonds. The van der Waals surface area contributed by atoms with Crippen LogP contribution < -0.4 is 0 Å². The summed E-state index contributed by atoms with van der Waals surface area (Å²) < 4.78 is 15.3. The van der Waals surface area contributed by atoms with E-state index in [2.05, 4.69) is 0 Å². The van der Waals surface area contributed by atoms with E-state index in [1.807, 2.05) is 0 Å². The average molecular weight is 430 g/mol. The van der Waals surface area contributed by atoms with Crippen molar-refractivity contribution >= 4 is 5.97 Å². The van der Waals surface area contributed by atoms with E-state index in [4.69, 9.17) is 19.3 Å². The molecule has 2 aliphatic heterocycles. The number of aliphatic hydroxyl groups excluding tert-OH is 8. The van der Waals surface area contributed by atoms with Crippen molar-refractivity contribution in [3.8, 4) is 0 Å². The van der Waals surface area contributed by atoms with Crippen molar-refractivity contribution in [2.45, 2.75) is 73.4 Å². The largest absolute Gasteiger partial charge is 0.477 e. The molecular formula is C15H26O14. The van der Waals surface area contributed by atoms with Crippen molar-refractivity contribution in [3.05, 3.63) is 0 Å². The molecule has 14 heteroatoms. The lowest BCUT2D eigenvalue weighted by Crippen LogP contribution is -2.66. The molecule has 29 heavy (non-hydrogen) atoms. The molecule has 10 N–H and O–H groups in total. The molecule has 0 bridgehead atoms. The molecule has 0 aliphatic carbocycles. The Bertz CT molecular complexity index is 559. The minimum absolute atomic E-state index is 0.794. The predicted molar refractivity (Wildman–Crippen MR) is 85.8 cm³/mol. The molecule has 0 radical (unpaired) electrons. The number of rotatable bonds is 7. The Hall–Kier alpha value is -1.01. The number of hydrogen-bond donors (Lipinski definition) is 10. The Morgan fingerprint density at radius 2 is 1.69 bits per heavy atom. The molecule has 14 nitrogen and oxygen atoms in total. The minimum Gasteiger partial charge on any atom is -0.477 e. The topological polar surface area (TPSA) is 247 Å². The smallest absolute Gasteiger partial charge is 0.364 e. The summed E-state index contributed by atoms with van der Waals surface area (Å²) in [5.74, 6) is -4.87. The number of aliphatic hydroxyl groups is 9. The molecule has 0 aromatic heterocycles. The maximum absolute atomic E-state index is 11.3. The fourth-order valence-corrected chi connectivity index (χ4v) is 3.19. The molecule has 2 fully saturated rings. The summed E-state index contributed by atoms with van der Waals surface area (Å²) in [6.45, 7) is -1.81. The number of ether oxygens (including phenoxy) is 3. The second-order valence-electron chi connectivity index (χ2n) is 6.98. The quantitative estimate of drug-likeness (QED) is 0.180. The first kappa shape index (κ1) is 24.3. The Morgan fingerprint density at radius 3 is 2.21 bits per heavy atom. The molecule has 0 spiro atoms. The zero-order valence-electron chi connectivity index (χ0n) is 15.0. The van der Waals surface area contributed by atoms with Gasteiger partial charge in [0.1, 0.15) is 48.8 Å². The van der Waals surface area contributed by atoms with Crippen LogP contribution in [0.2, 0.25) is 0 Å². The number of hydrogen-bond acceptors (Lipinski definition) is 13. The summed E-state index contributed by atoms with van der Waals surface area (Å²) in [6.07, 6.45) is -19.1. The number of carboxylic acids is 1. The van der Waals surface area contributed by atoms with Crippen molar-refractivity contribution in [2.24, 2.45) is 0 Å². The van der Waals surface area contributed by atoms with Crippen LogP contribution >= 0.6 is 0 Å². The highest BCUT2D eigenvalue weighted by atomic mass is 16.7. The van der Waals surface area contributed by atoms with Gasteiger partial charge in [-0.05, 0) is 0 Å². The van der Waals surface area contributed by atoms with Crippen molar-refractivity contribution < 1.29 is 70.1 Å². The number of carbonyl (C=O) groups is 1. The third-order valence-corrected chi connectivity index (χ3v) is 4.91. The van der Waals surface area contributed by atoms with Gasteiger partial charge in [0.25, 0.3) is 5.79 Å². The lowest BCUT2D eigenvalue weighted by atomic mass is 9.90. The van der Waals surface area contributed by atoms with E-state index in [9.17, 15) is 50.8 Å². The Balaban J connectivity index is 2.30. The van der Waals surface area contributed by atoms with Crippen LogP contribution in [-0.4, -0.2) is 137 Å². The van der Waals surface area contributed by atoms with Gasteiger partial charge in [0, 0.05) is 6.42 Å². The molecule has 0 unspecified atom stereocenters. The summed E-state index contributed by atoms with van der Waals surface area (Å²) in [5.41, 5.74) is 0. The van der Waals surface area contributed by atoms with Gasteiger partial charge in [-0.3, -0.25) is 0 Å². The molecule has 2 saturated heterocycles. The van der Waals surface area contributed by atoms with Crippen molar-refractivity contribution in [1.82, 2.24) is 0 Å². The van der Waals surface area contributed by atoms with Gasteiger partial charge in [-0.15, -0.1) is 0 Å². The first-order valence-electron chi connectivity index (χ1n) is 8.71. The summed E-state index contributed by atoms with van der Waals surface area (Å²) in [4.78, 5) is 11.3. The van der Waals surface area contributed by atoms with Crippen LogP contribution in [0, 0.1) is 0 Å². The molecule has 0 aromatic rings. The zero-order chi connectivity index (χ0) is 22.1. The Kier molecular flexibility index (Phi) is 7.88. The fourth-order valence-electron chi connectivity index (χ4n) is 3.19. The van der Waals surface area contributed by atoms with Gasteiger partial charge in [-0.1, -0.05) is 0 Å². The Morgan fingerprint density at radius 1 is 1.07 bits per heavy atom. The van der Waals surface area contributed by atoms with Crippen LogP contribution in [0.3, 0.4) is 0 Å². The fraction of sp³-hybridized carbons (Fsp3) is 0.933. The van der Waals surface area contributed by atoms with Crippen molar-refractivity contribution in [3.63, 3.8) is 0 Å². The van der Waals surface area contributed by atoms with Crippen LogP contribution in [0.1, 0.15) is 6.42 Å². The highest BCUT2D eigenvalue weighted by Gasteiger charge is 2.55. The van der Waals surface area contributed by atoms with Gasteiger partial charge in [-0.25, -0.2) is 4.79 Å². The molecule has 2 aliphatic rings. The van der Waals surface area contributed by atoms with Crippen LogP contribution in [0.15, 0.2) is 0 Å². The van der Waals surface area contributed by atoms with E-state index < -0.39 is 92.6 Å². The lowest BCUT2D eigenvalue weighted by molar-refractivity contribution is -0.355. The second kappa shape index (κ2) is 9.42. The second-order valence-corrected chi connectivity index (χ2v) is 6.98. The van der Waals surface area contributed by atoms with E-state index in [0.29, 0.717) is 0 Å². The zero-order valence-corrected chi connectivity index (χ0v) is 15.0. The molecule has 11 atom stereocenters. The molecule has 2 rings (SSSR count). The van der Waals surface area contributed by atoms with Crippen LogP contribution in [0.25, 0.3) is 0 Å². The van der Waals surface area contributed by atoms with Gasteiger partial charge in [0.15, 0.2) is 6.29 Å². The summed E-state index contributed by atoms with van der Waals surface area (Å²) in [7, 11) is 0. The van der Waals surface area contributed by atoms with Crippen molar-refractivity contribution in [2.75, 3.05) is 13.2 Å². The lowest BCUT2D eigenvalue weighted by Gasteiger charge is -2.46. The maximum atomic E-state index is 11.3. The van der Waals surface area contributed by atoms with Gasteiger partial charge in [0.2, 0.25) is 0 Å². The van der Waals surface area contributed by atoms with E-state index in [-0.39, 0.29) is 0 Å². The Labute approximate surface area is 163 Å². The van der Waals surface area contributed by atoms with Crippen molar-refractivity contribution in [1.29, 1.82) is 0 Å². The maximum Gasteiger partial charge on any atom is 0.364 e. The van der Waals surface area contributed by atoms with Gasteiger partial charge < -0.3 is 65.3 Å². The molecule has 0 aromatic carbocycles. The summed E-state index contributed by atoms with van der Waals surface area (Å²) in [6, 6.07) is 0. The van der Waals surface area contributed by atoms with Gasteiger partial charge >= 0.3 is 5.97 Å². The predicted octanol–water partition coefficient (Wildman–Crippen LogP) is -6.19. The van der Waals surface area contributed by atoms with Gasteiger partial charge in [-0.2, -0.15) is 0 Å². The summed E-state index contributed by atoms with van der Waals surface area (Å²) >= 11 is 0. The van der Waals surface area contributed by atoms with E-state index in [1.165, 1.54) is 0 Å². The summed E-state index contributed by atoms with van der Waals surface area (Å²) in [5, 5.41) is 97.4. The minimum atomic E-state index is -2.96. The van der Waals surface area contributed by atoms with Gasteiger partial charge in [0.05, 0.1) is 19.3 Å². The normalized spacial score (nSPS) is 45.6. The van der Waals surface area contributed by atoms with E-state index in [0.717, 1.165) is 0 Å². The third kappa shape index (κ3) is 4.84. The molecule has 170 valence electrons. The molecular weight excluding hydrogens is 404 g/mol. The van der Waals surface area contributed by atoms with Crippen LogP contribution in [-0.2, 0) is 19.0 Å². The highest BCUT2D eigenvalue weighted by molar-refractivity contribution is 5.75. The average Bonchev–Trinajstić information content (AvgIpc) is 2.68. The standard InChI is InChI=1S/C15H26O14/c16-2-5(19)11(12-7(20)4(18)1-15(26,29-12)14(24)25)28-13-10(23)9(22)8(21)6(3-17)27-13/h4-13,16-23,26H,1-3H2,(H,24,25)/t4-,5+,6+,7+,8-,9-,10+,11+,12+,13-,15-/m0/s1. The third-order valence-electron chi connectivity index (χ3n) is 4.91. The monoisotopic (exact) mass is 430 g/mol. The molecule has 0 saturated carbocycles. The van der Waals surface area contributed by atoms with Crippen LogP contribution in [0.4, 0.5) is 0 Å². The molecule has 2 heterocycles. The number of carboxylic acid groups (broad SMARTS) is 1. The van der Waals surface area contributed by atoms with Crippen LogP contribution in [0.5, 0.6) is 0 Å². The first-order valence-corrected chi connectivity index (χ1v) is 8.71. The first-order chi connectivity index (χ1) is 13.5.